The molecule has 4 aromatic heterocycles. The van der Waals surface area contributed by atoms with Crippen LogP contribution in [0.4, 0.5) is 5.69 Å². The highest BCUT2D eigenvalue weighted by molar-refractivity contribution is 7.26. The molecule has 0 fully saturated rings. The van der Waals surface area contributed by atoms with E-state index in [1.54, 1.807) is 0 Å². The lowest BCUT2D eigenvalue weighted by molar-refractivity contribution is 1.13. The van der Waals surface area contributed by atoms with E-state index in [-0.39, 0.29) is 0 Å². The maximum Gasteiger partial charge on any atom is 0.220 e. The minimum absolute atomic E-state index is 0.422. The van der Waals surface area contributed by atoms with Crippen LogP contribution in [-0.2, 0) is 0 Å². The fraction of sp³-hybridized carbons (Fsp3) is 0. The topological polar surface area (TPSA) is 50.9 Å². The summed E-state index contributed by atoms with van der Waals surface area (Å²) in [7, 11) is 0. The van der Waals surface area contributed by atoms with Gasteiger partial charge in [0.25, 0.3) is 0 Å². The van der Waals surface area contributed by atoms with Crippen LogP contribution in [0.25, 0.3) is 124 Å². The van der Waals surface area contributed by atoms with Gasteiger partial charge in [-0.15, -0.1) is 11.3 Å². The van der Waals surface area contributed by atoms with E-state index in [1.165, 1.54) is 20.2 Å². The van der Waals surface area contributed by atoms with Gasteiger partial charge in [-0.3, -0.25) is 4.98 Å². The Morgan fingerprint density at radius 2 is 1.08 bits per heavy atom. The van der Waals surface area contributed by atoms with Crippen molar-refractivity contribution in [2.24, 2.45) is 0 Å². The van der Waals surface area contributed by atoms with Crippen molar-refractivity contribution in [3.63, 3.8) is 0 Å². The maximum atomic E-state index is 11.7. The molecular formula is C55H29N5S. The summed E-state index contributed by atoms with van der Waals surface area (Å²) in [6.07, 6.45) is 3.83. The summed E-state index contributed by atoms with van der Waals surface area (Å²) in [6, 6.07) is 59.8. The molecule has 13 aromatic rings. The van der Waals surface area contributed by atoms with Gasteiger partial charge in [0.05, 0.1) is 45.6 Å². The first-order valence-electron chi connectivity index (χ1n) is 20.2. The Kier molecular flexibility index (Phi) is 6.96. The molecule has 0 bridgehead atoms. The number of thiophene rings is 1. The van der Waals surface area contributed by atoms with E-state index in [9.17, 15) is 5.26 Å². The summed E-state index contributed by atoms with van der Waals surface area (Å²) in [4.78, 5) is 9.06. The molecule has 9 aromatic carbocycles. The second-order valence-electron chi connectivity index (χ2n) is 15.6. The largest absolute Gasteiger partial charge is 0.318 e. The molecule has 0 spiro atoms. The predicted molar refractivity (Wildman–Crippen MR) is 254 cm³/mol. The SMILES string of the molecule is [C-]#[N+]c1c(-c2ccccc2)c(C#N)c(-n2c3ccccc3c3c4sc5ccccc5c4ccc32)c(-c2ccccc2)c1-n1c2cccc3c4ccncc4c4cccc1c4c32. The summed E-state index contributed by atoms with van der Waals surface area (Å²) < 4.78 is 7.06. The van der Waals surface area contributed by atoms with Crippen LogP contribution in [0.2, 0.25) is 0 Å². The second-order valence-corrected chi connectivity index (χ2v) is 16.6. The predicted octanol–water partition coefficient (Wildman–Crippen LogP) is 15.1. The molecule has 0 aliphatic carbocycles. The number of rotatable bonds is 4. The average Bonchev–Trinajstić information content (AvgIpc) is 3.99. The molecule has 5 nitrogen and oxygen atoms in total. The first-order valence-corrected chi connectivity index (χ1v) is 21.0. The van der Waals surface area contributed by atoms with Gasteiger partial charge in [-0.2, -0.15) is 5.26 Å². The fourth-order valence-corrected chi connectivity index (χ4v) is 11.5. The van der Waals surface area contributed by atoms with Gasteiger partial charge in [0.15, 0.2) is 0 Å². The van der Waals surface area contributed by atoms with Gasteiger partial charge < -0.3 is 9.13 Å². The highest BCUT2D eigenvalue weighted by Gasteiger charge is 2.32. The molecule has 0 radical (unpaired) electrons. The van der Waals surface area contributed by atoms with E-state index in [1.807, 2.05) is 72.3 Å². The summed E-state index contributed by atoms with van der Waals surface area (Å²) in [5.41, 5.74) is 9.47. The van der Waals surface area contributed by atoms with Gasteiger partial charge in [-0.1, -0.05) is 127 Å². The fourth-order valence-electron chi connectivity index (χ4n) is 10.3. The lowest BCUT2D eigenvalue weighted by Gasteiger charge is -2.25. The first-order chi connectivity index (χ1) is 30.2. The van der Waals surface area contributed by atoms with Crippen LogP contribution in [0.1, 0.15) is 5.56 Å². The summed E-state index contributed by atoms with van der Waals surface area (Å²) in [5.74, 6) is 0. The molecule has 0 amide bonds. The van der Waals surface area contributed by atoms with Gasteiger partial charge >= 0.3 is 0 Å². The molecule has 6 heteroatoms. The quantitative estimate of drug-likeness (QED) is 0.132. The van der Waals surface area contributed by atoms with E-state index in [2.05, 4.69) is 140 Å². The van der Waals surface area contributed by atoms with Crippen LogP contribution < -0.4 is 0 Å². The number of hydrogen-bond donors (Lipinski definition) is 0. The molecule has 0 saturated carbocycles. The van der Waals surface area contributed by atoms with Crippen molar-refractivity contribution >= 4 is 102 Å². The molecule has 13 rings (SSSR count). The minimum Gasteiger partial charge on any atom is -0.318 e. The van der Waals surface area contributed by atoms with Gasteiger partial charge in [-0.05, 0) is 63.7 Å². The molecule has 0 aliphatic heterocycles. The van der Waals surface area contributed by atoms with Crippen LogP contribution in [0, 0.1) is 17.9 Å². The minimum atomic E-state index is 0.422. The number of pyridine rings is 1. The van der Waals surface area contributed by atoms with Crippen molar-refractivity contribution in [2.75, 3.05) is 0 Å². The zero-order chi connectivity index (χ0) is 40.3. The van der Waals surface area contributed by atoms with Crippen LogP contribution in [0.3, 0.4) is 0 Å². The Balaban J connectivity index is 1.31. The van der Waals surface area contributed by atoms with Gasteiger partial charge in [-0.25, -0.2) is 4.85 Å². The van der Waals surface area contributed by atoms with E-state index < -0.39 is 0 Å². The van der Waals surface area contributed by atoms with E-state index in [4.69, 9.17) is 6.57 Å². The molecule has 280 valence electrons. The third-order valence-corrected chi connectivity index (χ3v) is 13.8. The Hall–Kier alpha value is -8.29. The number of nitrogens with zero attached hydrogens (tertiary/aromatic N) is 5. The Morgan fingerprint density at radius 1 is 0.492 bits per heavy atom. The average molecular weight is 792 g/mol. The number of aromatic nitrogens is 3. The molecule has 0 atom stereocenters. The molecule has 61 heavy (non-hydrogen) atoms. The molecule has 4 heterocycles. The van der Waals surface area contributed by atoms with E-state index in [0.717, 1.165) is 93.2 Å². The highest BCUT2D eigenvalue weighted by atomic mass is 32.1. The van der Waals surface area contributed by atoms with E-state index in [0.29, 0.717) is 16.8 Å². The third-order valence-electron chi connectivity index (χ3n) is 12.6. The number of benzene rings is 9. The van der Waals surface area contributed by atoms with Crippen molar-refractivity contribution in [3.8, 4) is 39.7 Å². The maximum absolute atomic E-state index is 11.7. The van der Waals surface area contributed by atoms with Gasteiger partial charge in [0.1, 0.15) is 6.07 Å². The molecule has 0 N–H and O–H groups in total. The highest BCUT2D eigenvalue weighted by Crippen LogP contribution is 2.54. The van der Waals surface area contributed by atoms with Crippen LogP contribution in [-0.4, -0.2) is 14.1 Å². The summed E-state index contributed by atoms with van der Waals surface area (Å²) in [5, 5.41) is 23.2. The van der Waals surface area contributed by atoms with E-state index >= 15 is 0 Å². The standard InChI is InChI=1S/C55H29N5S/c1-57-52-47(32-14-4-2-5-15-32)40(30-56)53(59-42-22-10-8-19-39(42)51-45(59)27-26-38-35-18-9-11-25-46(35)61-55(38)51)48(33-16-6-3-7-17-33)54(52)60-43-23-12-20-36-34-28-29-58-31-41(34)37-21-13-24-44(60)50(37)49(36)43/h2-29,31H. The van der Waals surface area contributed by atoms with Crippen LogP contribution in [0.5, 0.6) is 0 Å². The normalized spacial score (nSPS) is 11.9. The zero-order valence-corrected chi connectivity index (χ0v) is 33.2. The van der Waals surface area contributed by atoms with Gasteiger partial charge in [0.2, 0.25) is 5.69 Å². The van der Waals surface area contributed by atoms with Crippen molar-refractivity contribution in [2.45, 2.75) is 0 Å². The number of hydrogen-bond acceptors (Lipinski definition) is 3. The smallest absolute Gasteiger partial charge is 0.220 e. The molecule has 0 saturated heterocycles. The molecule has 0 aliphatic rings. The summed E-state index contributed by atoms with van der Waals surface area (Å²) in [6.45, 7) is 9.17. The third kappa shape index (κ3) is 4.44. The van der Waals surface area contributed by atoms with Crippen LogP contribution >= 0.6 is 11.3 Å². The lowest BCUT2D eigenvalue weighted by Crippen LogP contribution is -2.08. The lowest BCUT2D eigenvalue weighted by atomic mass is 9.88. The molecule has 0 unspecified atom stereocenters. The Labute approximate surface area is 353 Å². The molecular weight excluding hydrogens is 763 g/mol. The number of nitriles is 1. The number of para-hydroxylation sites is 1. The number of fused-ring (bicyclic) bond motifs is 10. The van der Waals surface area contributed by atoms with Gasteiger partial charge in [0, 0.05) is 70.6 Å². The monoisotopic (exact) mass is 791 g/mol. The Morgan fingerprint density at radius 3 is 1.80 bits per heavy atom. The zero-order valence-electron chi connectivity index (χ0n) is 32.4. The van der Waals surface area contributed by atoms with Crippen molar-refractivity contribution in [3.05, 3.63) is 193 Å². The summed E-state index contributed by atoms with van der Waals surface area (Å²) >= 11 is 1.81. The van der Waals surface area contributed by atoms with Crippen molar-refractivity contribution in [1.82, 2.24) is 14.1 Å². The van der Waals surface area contributed by atoms with Crippen LogP contribution in [0.15, 0.2) is 176 Å². The second kappa shape index (κ2) is 12.6. The Bertz CT molecular complexity index is 3980. The van der Waals surface area contributed by atoms with Crippen molar-refractivity contribution in [1.29, 1.82) is 5.26 Å². The first kappa shape index (κ1) is 33.7. The van der Waals surface area contributed by atoms with Crippen molar-refractivity contribution < 1.29 is 0 Å².